The molecule has 4 amide bonds. The average molecular weight is 540 g/mol. The van der Waals surface area contributed by atoms with E-state index in [1.807, 2.05) is 32.6 Å². The molecule has 2 heterocycles. The van der Waals surface area contributed by atoms with Crippen molar-refractivity contribution in [3.8, 4) is 0 Å². The highest BCUT2D eigenvalue weighted by atomic mass is 35.5. The fourth-order valence-corrected chi connectivity index (χ4v) is 4.93. The van der Waals surface area contributed by atoms with E-state index in [-0.39, 0.29) is 30.8 Å². The zero-order valence-corrected chi connectivity index (χ0v) is 22.9. The predicted molar refractivity (Wildman–Crippen MR) is 140 cm³/mol. The normalized spacial score (nSPS) is 21.1. The maximum Gasteiger partial charge on any atom is 0.338 e. The van der Waals surface area contributed by atoms with E-state index in [1.54, 1.807) is 30.0 Å². The van der Waals surface area contributed by atoms with Gasteiger partial charge in [-0.15, -0.1) is 0 Å². The molecule has 2 N–H and O–H groups in total. The number of amides is 4. The van der Waals surface area contributed by atoms with Crippen molar-refractivity contribution < 1.29 is 19.1 Å². The lowest BCUT2D eigenvalue weighted by Gasteiger charge is -2.43. The van der Waals surface area contributed by atoms with Crippen LogP contribution in [0.3, 0.4) is 0 Å². The fourth-order valence-electron chi connectivity index (χ4n) is 4.62. The molecule has 2 aliphatic heterocycles. The third-order valence-corrected chi connectivity index (χ3v) is 7.02. The van der Waals surface area contributed by atoms with Gasteiger partial charge >= 0.3 is 18.0 Å². The van der Waals surface area contributed by atoms with Gasteiger partial charge in [-0.05, 0) is 52.3 Å². The number of esters is 1. The first kappa shape index (κ1) is 28.1. The van der Waals surface area contributed by atoms with Crippen LogP contribution in [0.2, 0.25) is 10.0 Å². The van der Waals surface area contributed by atoms with Gasteiger partial charge in [-0.25, -0.2) is 14.4 Å². The van der Waals surface area contributed by atoms with Crippen LogP contribution in [0.15, 0.2) is 29.5 Å². The van der Waals surface area contributed by atoms with Gasteiger partial charge < -0.3 is 20.3 Å². The molecule has 1 saturated heterocycles. The summed E-state index contributed by atoms with van der Waals surface area (Å²) in [7, 11) is 0. The molecule has 198 valence electrons. The van der Waals surface area contributed by atoms with E-state index < -0.39 is 12.0 Å². The van der Waals surface area contributed by atoms with Crippen molar-refractivity contribution in [1.82, 2.24) is 25.3 Å². The molecule has 0 unspecified atom stereocenters. The van der Waals surface area contributed by atoms with Gasteiger partial charge in [-0.1, -0.05) is 29.3 Å². The van der Waals surface area contributed by atoms with E-state index in [1.165, 1.54) is 0 Å². The molecule has 1 fully saturated rings. The number of urea groups is 2. The summed E-state index contributed by atoms with van der Waals surface area (Å²) in [4.78, 5) is 44.5. The van der Waals surface area contributed by atoms with E-state index in [2.05, 4.69) is 15.5 Å². The van der Waals surface area contributed by atoms with Crippen molar-refractivity contribution >= 4 is 41.2 Å². The summed E-state index contributed by atoms with van der Waals surface area (Å²) in [6.45, 7) is 12.1. The Hall–Kier alpha value is -2.49. The molecular formula is C25H35Cl2N5O4. The molecule has 0 aliphatic carbocycles. The van der Waals surface area contributed by atoms with Gasteiger partial charge in [0.25, 0.3) is 0 Å². The summed E-state index contributed by atoms with van der Waals surface area (Å²) >= 11 is 12.4. The van der Waals surface area contributed by atoms with Gasteiger partial charge in [-0.2, -0.15) is 0 Å². The molecule has 1 aromatic rings. The molecule has 2 atom stereocenters. The highest BCUT2D eigenvalue weighted by Crippen LogP contribution is 2.35. The van der Waals surface area contributed by atoms with E-state index in [0.717, 1.165) is 0 Å². The van der Waals surface area contributed by atoms with E-state index in [4.69, 9.17) is 27.9 Å². The standard InChI is InChI=1S/C25H35Cl2N5O4/c1-6-31-20(14-30-10-11-32(16(5)13-30)24(34)28-15(3)4)21(23(33)36-7-2)22(29-25(31)35)17-8-9-18(26)19(27)12-17/h8-9,12,15-16,22H,6-7,10-11,13-14H2,1-5H3,(H,28,34)(H,29,35)/t16-,22+/m1/s1. The lowest BCUT2D eigenvalue weighted by Crippen LogP contribution is -2.58. The second-order valence-corrected chi connectivity index (χ2v) is 10.1. The smallest absolute Gasteiger partial charge is 0.338 e. The number of piperazine rings is 1. The van der Waals surface area contributed by atoms with Crippen molar-refractivity contribution in [2.75, 3.05) is 39.3 Å². The Bertz CT molecular complexity index is 1030. The van der Waals surface area contributed by atoms with Crippen molar-refractivity contribution in [2.24, 2.45) is 0 Å². The Morgan fingerprint density at radius 1 is 1.19 bits per heavy atom. The molecule has 0 spiro atoms. The summed E-state index contributed by atoms with van der Waals surface area (Å²) in [5.41, 5.74) is 1.59. The van der Waals surface area contributed by atoms with E-state index in [9.17, 15) is 14.4 Å². The molecule has 9 nitrogen and oxygen atoms in total. The van der Waals surface area contributed by atoms with Crippen LogP contribution in [0, 0.1) is 0 Å². The van der Waals surface area contributed by atoms with Gasteiger partial charge in [-0.3, -0.25) is 9.80 Å². The Labute approximate surface area is 222 Å². The van der Waals surface area contributed by atoms with Gasteiger partial charge in [0.2, 0.25) is 0 Å². The lowest BCUT2D eigenvalue weighted by molar-refractivity contribution is -0.139. The van der Waals surface area contributed by atoms with Gasteiger partial charge in [0.1, 0.15) is 0 Å². The molecule has 11 heteroatoms. The third kappa shape index (κ3) is 6.25. The molecule has 3 rings (SSSR count). The number of hydrogen-bond donors (Lipinski definition) is 2. The van der Waals surface area contributed by atoms with Crippen LogP contribution in [-0.4, -0.2) is 84.1 Å². The molecule has 0 radical (unpaired) electrons. The maximum absolute atomic E-state index is 13.3. The molecule has 0 bridgehead atoms. The van der Waals surface area contributed by atoms with E-state index in [0.29, 0.717) is 59.6 Å². The minimum Gasteiger partial charge on any atom is -0.463 e. The van der Waals surface area contributed by atoms with Crippen LogP contribution in [0.5, 0.6) is 0 Å². The summed E-state index contributed by atoms with van der Waals surface area (Å²) in [5, 5.41) is 6.59. The van der Waals surface area contributed by atoms with Gasteiger partial charge in [0.15, 0.2) is 0 Å². The van der Waals surface area contributed by atoms with Crippen molar-refractivity contribution in [1.29, 1.82) is 0 Å². The summed E-state index contributed by atoms with van der Waals surface area (Å²) < 4.78 is 5.43. The summed E-state index contributed by atoms with van der Waals surface area (Å²) in [6, 6.07) is 3.92. The zero-order valence-electron chi connectivity index (χ0n) is 21.4. The first-order valence-electron chi connectivity index (χ1n) is 12.3. The first-order valence-corrected chi connectivity index (χ1v) is 13.1. The minimum absolute atomic E-state index is 0.0393. The number of benzene rings is 1. The van der Waals surface area contributed by atoms with Crippen molar-refractivity contribution in [2.45, 2.75) is 52.7 Å². The maximum atomic E-state index is 13.3. The van der Waals surface area contributed by atoms with Crippen LogP contribution in [0.4, 0.5) is 9.59 Å². The van der Waals surface area contributed by atoms with Crippen LogP contribution in [0.1, 0.15) is 46.2 Å². The molecule has 0 saturated carbocycles. The number of likely N-dealkylation sites (N-methyl/N-ethyl adjacent to an activating group) is 1. The largest absolute Gasteiger partial charge is 0.463 e. The SMILES string of the molecule is CCOC(=O)C1=C(CN2CCN(C(=O)NC(C)C)[C@H](C)C2)N(CC)C(=O)N[C@H]1c1ccc(Cl)c(Cl)c1. The topological polar surface area (TPSA) is 94.2 Å². The first-order chi connectivity index (χ1) is 17.1. The van der Waals surface area contributed by atoms with Crippen LogP contribution in [0.25, 0.3) is 0 Å². The number of rotatable bonds is 7. The second kappa shape index (κ2) is 12.2. The minimum atomic E-state index is -0.736. The quantitative estimate of drug-likeness (QED) is 0.510. The predicted octanol–water partition coefficient (Wildman–Crippen LogP) is 4.02. The van der Waals surface area contributed by atoms with Gasteiger partial charge in [0, 0.05) is 50.5 Å². The molecular weight excluding hydrogens is 505 g/mol. The Kier molecular flexibility index (Phi) is 9.49. The number of hydrogen-bond acceptors (Lipinski definition) is 5. The molecule has 1 aromatic carbocycles. The van der Waals surface area contributed by atoms with Gasteiger partial charge in [0.05, 0.1) is 28.3 Å². The number of carbonyl (C=O) groups excluding carboxylic acids is 3. The second-order valence-electron chi connectivity index (χ2n) is 9.26. The Balaban J connectivity index is 1.96. The lowest BCUT2D eigenvalue weighted by atomic mass is 9.94. The summed E-state index contributed by atoms with van der Waals surface area (Å²) in [6.07, 6.45) is 0. The van der Waals surface area contributed by atoms with Crippen molar-refractivity contribution in [3.63, 3.8) is 0 Å². The zero-order chi connectivity index (χ0) is 26.6. The number of nitrogens with one attached hydrogen (secondary N) is 2. The molecule has 0 aromatic heterocycles. The molecule has 36 heavy (non-hydrogen) atoms. The number of ether oxygens (including phenoxy) is 1. The number of nitrogens with zero attached hydrogens (tertiary/aromatic N) is 3. The Morgan fingerprint density at radius 2 is 1.92 bits per heavy atom. The highest BCUT2D eigenvalue weighted by molar-refractivity contribution is 6.42. The molecule has 2 aliphatic rings. The number of halogens is 2. The van der Waals surface area contributed by atoms with Crippen LogP contribution in [-0.2, 0) is 9.53 Å². The number of carbonyl (C=O) groups is 3. The summed E-state index contributed by atoms with van der Waals surface area (Å²) in [5.74, 6) is -0.495. The highest BCUT2D eigenvalue weighted by Gasteiger charge is 2.39. The van der Waals surface area contributed by atoms with Crippen LogP contribution < -0.4 is 10.6 Å². The third-order valence-electron chi connectivity index (χ3n) is 6.28. The van der Waals surface area contributed by atoms with E-state index >= 15 is 0 Å². The fraction of sp³-hybridized carbons (Fsp3) is 0.560. The van der Waals surface area contributed by atoms with Crippen LogP contribution >= 0.6 is 23.2 Å². The Morgan fingerprint density at radius 3 is 2.50 bits per heavy atom. The monoisotopic (exact) mass is 539 g/mol. The van der Waals surface area contributed by atoms with Crippen molar-refractivity contribution in [3.05, 3.63) is 45.1 Å². The average Bonchev–Trinajstić information content (AvgIpc) is 2.80.